The first-order valence-electron chi connectivity index (χ1n) is 3.83. The molecule has 1 heterocycles. The largest absolute Gasteiger partial charge is 0.477 e. The van der Waals surface area contributed by atoms with Crippen LogP contribution in [-0.2, 0) is 0 Å². The molecule has 0 saturated carbocycles. The van der Waals surface area contributed by atoms with Crippen LogP contribution in [0.3, 0.4) is 0 Å². The van der Waals surface area contributed by atoms with Crippen molar-refractivity contribution in [3.63, 3.8) is 0 Å². The maximum atomic E-state index is 10.9. The average molecular weight is 304 g/mol. The number of rotatable bonds is 3. The van der Waals surface area contributed by atoms with Crippen LogP contribution in [0.2, 0.25) is 0 Å². The highest BCUT2D eigenvalue weighted by molar-refractivity contribution is 14.1. The van der Waals surface area contributed by atoms with Gasteiger partial charge in [0.2, 0.25) is 0 Å². The summed E-state index contributed by atoms with van der Waals surface area (Å²) >= 11 is 2.05. The van der Waals surface area contributed by atoms with Gasteiger partial charge in [-0.15, -0.1) is 0 Å². The first kappa shape index (κ1) is 11.0. The van der Waals surface area contributed by atoms with E-state index in [0.29, 0.717) is 11.5 Å². The summed E-state index contributed by atoms with van der Waals surface area (Å²) < 4.78 is 3.22. The molecule has 0 saturated heterocycles. The van der Waals surface area contributed by atoms with Gasteiger partial charge in [0, 0.05) is 6.20 Å². The zero-order valence-corrected chi connectivity index (χ0v) is 9.72. The fourth-order valence-electron chi connectivity index (χ4n) is 1.18. The van der Waals surface area contributed by atoms with Gasteiger partial charge >= 0.3 is 5.97 Å². The second kappa shape index (κ2) is 4.41. The standard InChI is InChI=1S/C9H9IN2O2/c1-3-12-7(4-5-10)11-6(2)8(12)9(13)14/h3-5H,1H2,2H3,(H,13,14)/b5-4-. The summed E-state index contributed by atoms with van der Waals surface area (Å²) in [5.74, 6) is -0.424. The zero-order chi connectivity index (χ0) is 10.7. The number of aromatic nitrogens is 2. The Labute approximate surface area is 95.1 Å². The first-order chi connectivity index (χ1) is 6.61. The molecule has 0 atom stereocenters. The summed E-state index contributed by atoms with van der Waals surface area (Å²) in [4.78, 5) is 15.0. The van der Waals surface area contributed by atoms with Gasteiger partial charge < -0.3 is 5.11 Å². The topological polar surface area (TPSA) is 55.1 Å². The van der Waals surface area contributed by atoms with Gasteiger partial charge in [-0.2, -0.15) is 0 Å². The molecule has 1 N–H and O–H groups in total. The lowest BCUT2D eigenvalue weighted by Crippen LogP contribution is -2.05. The third-order valence-electron chi connectivity index (χ3n) is 1.71. The van der Waals surface area contributed by atoms with Gasteiger partial charge in [-0.3, -0.25) is 4.57 Å². The summed E-state index contributed by atoms with van der Waals surface area (Å²) in [5, 5.41) is 8.92. The van der Waals surface area contributed by atoms with Crippen molar-refractivity contribution in [2.45, 2.75) is 6.92 Å². The monoisotopic (exact) mass is 304 g/mol. The Kier molecular flexibility index (Phi) is 3.45. The first-order valence-corrected chi connectivity index (χ1v) is 5.07. The Morgan fingerprint density at radius 1 is 1.71 bits per heavy atom. The highest BCUT2D eigenvalue weighted by Crippen LogP contribution is 2.13. The van der Waals surface area contributed by atoms with Crippen molar-refractivity contribution in [1.82, 2.24) is 9.55 Å². The van der Waals surface area contributed by atoms with Gasteiger partial charge in [-0.1, -0.05) is 29.2 Å². The van der Waals surface area contributed by atoms with Crippen molar-refractivity contribution in [1.29, 1.82) is 0 Å². The maximum absolute atomic E-state index is 10.9. The number of aromatic carboxylic acids is 1. The van der Waals surface area contributed by atoms with Gasteiger partial charge in [-0.25, -0.2) is 9.78 Å². The number of carboxylic acid groups (broad SMARTS) is 1. The van der Waals surface area contributed by atoms with Crippen LogP contribution in [0.1, 0.15) is 22.0 Å². The van der Waals surface area contributed by atoms with Crippen molar-refractivity contribution in [2.24, 2.45) is 0 Å². The maximum Gasteiger partial charge on any atom is 0.354 e. The lowest BCUT2D eigenvalue weighted by Gasteiger charge is -1.99. The zero-order valence-electron chi connectivity index (χ0n) is 7.57. The van der Waals surface area contributed by atoms with Crippen LogP contribution < -0.4 is 0 Å². The molecule has 0 aliphatic heterocycles. The van der Waals surface area contributed by atoms with E-state index in [4.69, 9.17) is 5.11 Å². The Balaban J connectivity index is 3.42. The van der Waals surface area contributed by atoms with Crippen molar-refractivity contribution < 1.29 is 9.90 Å². The Bertz CT molecular complexity index is 407. The van der Waals surface area contributed by atoms with Gasteiger partial charge in [0.15, 0.2) is 5.69 Å². The minimum absolute atomic E-state index is 0.157. The molecule has 0 amide bonds. The van der Waals surface area contributed by atoms with E-state index in [1.165, 1.54) is 10.8 Å². The summed E-state index contributed by atoms with van der Waals surface area (Å²) in [6.07, 6.45) is 3.16. The molecule has 1 aromatic rings. The molecule has 0 aromatic carbocycles. The molecule has 0 spiro atoms. The lowest BCUT2D eigenvalue weighted by molar-refractivity contribution is 0.0688. The lowest BCUT2D eigenvalue weighted by atomic mass is 10.3. The fraction of sp³-hybridized carbons (Fsp3) is 0.111. The van der Waals surface area contributed by atoms with E-state index in [2.05, 4.69) is 11.6 Å². The quantitative estimate of drug-likeness (QED) is 0.872. The van der Waals surface area contributed by atoms with Crippen LogP contribution in [0.4, 0.5) is 0 Å². The molecule has 0 fully saturated rings. The number of carboxylic acids is 1. The Morgan fingerprint density at radius 3 is 2.79 bits per heavy atom. The van der Waals surface area contributed by atoms with Gasteiger partial charge in [-0.05, 0) is 17.1 Å². The molecular weight excluding hydrogens is 295 g/mol. The predicted octanol–water partition coefficient (Wildman–Crippen LogP) is 2.40. The van der Waals surface area contributed by atoms with Crippen molar-refractivity contribution in [3.8, 4) is 0 Å². The Morgan fingerprint density at radius 2 is 2.36 bits per heavy atom. The van der Waals surface area contributed by atoms with E-state index in [1.807, 2.05) is 22.6 Å². The molecule has 0 radical (unpaired) electrons. The number of aryl methyl sites for hydroxylation is 1. The van der Waals surface area contributed by atoms with Crippen molar-refractivity contribution in [2.75, 3.05) is 0 Å². The van der Waals surface area contributed by atoms with Crippen LogP contribution in [0.25, 0.3) is 12.3 Å². The van der Waals surface area contributed by atoms with Crippen LogP contribution in [-0.4, -0.2) is 20.6 Å². The molecule has 14 heavy (non-hydrogen) atoms. The van der Waals surface area contributed by atoms with E-state index in [1.54, 1.807) is 17.1 Å². The average Bonchev–Trinajstić information content (AvgIpc) is 2.42. The molecule has 5 heteroatoms. The number of halogens is 1. The molecule has 0 aliphatic rings. The molecule has 0 unspecified atom stereocenters. The number of carbonyl (C=O) groups is 1. The number of hydrogen-bond acceptors (Lipinski definition) is 2. The molecule has 1 rings (SSSR count). The SMILES string of the molecule is C=Cn1c(/C=C\I)nc(C)c1C(=O)O. The molecule has 4 nitrogen and oxygen atoms in total. The molecule has 74 valence electrons. The van der Waals surface area contributed by atoms with Crippen molar-refractivity contribution >= 4 is 40.8 Å². The molecule has 0 bridgehead atoms. The van der Waals surface area contributed by atoms with Crippen LogP contribution in [0.5, 0.6) is 0 Å². The smallest absolute Gasteiger partial charge is 0.354 e. The summed E-state index contributed by atoms with van der Waals surface area (Å²) in [6, 6.07) is 0. The van der Waals surface area contributed by atoms with Crippen LogP contribution in [0.15, 0.2) is 10.7 Å². The minimum Gasteiger partial charge on any atom is -0.477 e. The predicted molar refractivity (Wildman–Crippen MR) is 63.4 cm³/mol. The molecule has 1 aromatic heterocycles. The van der Waals surface area contributed by atoms with Gasteiger partial charge in [0.05, 0.1) is 5.69 Å². The van der Waals surface area contributed by atoms with E-state index in [-0.39, 0.29) is 5.69 Å². The second-order valence-corrected chi connectivity index (χ2v) is 3.27. The number of nitrogens with zero attached hydrogens (tertiary/aromatic N) is 2. The van der Waals surface area contributed by atoms with Gasteiger partial charge in [0.25, 0.3) is 0 Å². The summed E-state index contributed by atoms with van der Waals surface area (Å²) in [7, 11) is 0. The van der Waals surface area contributed by atoms with E-state index in [0.717, 1.165) is 0 Å². The minimum atomic E-state index is -0.997. The van der Waals surface area contributed by atoms with Crippen LogP contribution in [0, 0.1) is 6.92 Å². The van der Waals surface area contributed by atoms with E-state index >= 15 is 0 Å². The van der Waals surface area contributed by atoms with Crippen molar-refractivity contribution in [3.05, 3.63) is 27.9 Å². The highest BCUT2D eigenvalue weighted by atomic mass is 127. The third-order valence-corrected chi connectivity index (χ3v) is 2.07. The van der Waals surface area contributed by atoms with E-state index in [9.17, 15) is 4.79 Å². The second-order valence-electron chi connectivity index (χ2n) is 2.55. The summed E-state index contributed by atoms with van der Waals surface area (Å²) in [5.41, 5.74) is 0.645. The molecule has 0 aliphatic carbocycles. The highest BCUT2D eigenvalue weighted by Gasteiger charge is 2.16. The van der Waals surface area contributed by atoms with Gasteiger partial charge in [0.1, 0.15) is 5.82 Å². The van der Waals surface area contributed by atoms with Crippen LogP contribution >= 0.6 is 22.6 Å². The number of imidazole rings is 1. The fourth-order valence-corrected chi connectivity index (χ4v) is 1.51. The molecular formula is C9H9IN2O2. The number of hydrogen-bond donors (Lipinski definition) is 1. The summed E-state index contributed by atoms with van der Waals surface area (Å²) in [6.45, 7) is 5.21. The Hall–Kier alpha value is -1.11. The third kappa shape index (κ3) is 1.87. The van der Waals surface area contributed by atoms with E-state index < -0.39 is 5.97 Å². The normalized spacial score (nSPS) is 10.7.